The van der Waals surface area contributed by atoms with Gasteiger partial charge in [0.25, 0.3) is 0 Å². The first kappa shape index (κ1) is 11.7. The predicted octanol–water partition coefficient (Wildman–Crippen LogP) is 3.34. The molecule has 0 N–H and O–H groups in total. The van der Waals surface area contributed by atoms with Crippen molar-refractivity contribution in [1.82, 2.24) is 9.36 Å². The van der Waals surface area contributed by atoms with E-state index in [-0.39, 0.29) is 5.60 Å². The van der Waals surface area contributed by atoms with Crippen LogP contribution in [0, 0.1) is 3.01 Å². The molecule has 0 aromatic carbocycles. The third-order valence-corrected chi connectivity index (χ3v) is 4.23. The van der Waals surface area contributed by atoms with E-state index in [0.717, 1.165) is 28.3 Å². The van der Waals surface area contributed by atoms with E-state index in [1.807, 2.05) is 6.92 Å². The summed E-state index contributed by atoms with van der Waals surface area (Å²) < 4.78 is 11.4. The summed E-state index contributed by atoms with van der Waals surface area (Å²) in [6, 6.07) is 0. The van der Waals surface area contributed by atoms with Gasteiger partial charge in [-0.05, 0) is 53.9 Å². The second-order valence-electron chi connectivity index (χ2n) is 3.86. The Morgan fingerprint density at radius 2 is 2.13 bits per heavy atom. The Kier molecular flexibility index (Phi) is 3.95. The lowest BCUT2D eigenvalue weighted by atomic mass is 9.84. The van der Waals surface area contributed by atoms with Crippen molar-refractivity contribution >= 4 is 34.1 Å². The quantitative estimate of drug-likeness (QED) is 0.793. The largest absolute Gasteiger partial charge is 0.367 e. The van der Waals surface area contributed by atoms with Crippen LogP contribution >= 0.6 is 34.1 Å². The molecule has 0 saturated heterocycles. The van der Waals surface area contributed by atoms with Gasteiger partial charge in [0.05, 0.1) is 0 Å². The first-order chi connectivity index (χ1) is 7.27. The van der Waals surface area contributed by atoms with Crippen molar-refractivity contribution in [3.63, 3.8) is 0 Å². The standard InChI is InChI=1S/C10H15IN2OS/c1-2-14-10(6-4-3-5-7-10)8-12-9(11)15-13-8/h2-7H2,1H3. The van der Waals surface area contributed by atoms with Gasteiger partial charge in [0.1, 0.15) is 5.60 Å². The zero-order chi connectivity index (χ0) is 10.7. The maximum Gasteiger partial charge on any atom is 0.175 e. The number of aromatic nitrogens is 2. The van der Waals surface area contributed by atoms with E-state index in [0.29, 0.717) is 0 Å². The van der Waals surface area contributed by atoms with Crippen LogP contribution in [0.4, 0.5) is 0 Å². The average molecular weight is 338 g/mol. The van der Waals surface area contributed by atoms with Crippen molar-refractivity contribution in [2.45, 2.75) is 44.6 Å². The first-order valence-electron chi connectivity index (χ1n) is 5.40. The van der Waals surface area contributed by atoms with Crippen LogP contribution < -0.4 is 0 Å². The molecule has 1 aromatic heterocycles. The van der Waals surface area contributed by atoms with Crippen LogP contribution in [-0.4, -0.2) is 16.0 Å². The molecular weight excluding hydrogens is 323 g/mol. The Labute approximate surface area is 108 Å². The summed E-state index contributed by atoms with van der Waals surface area (Å²) in [6.45, 7) is 2.80. The summed E-state index contributed by atoms with van der Waals surface area (Å²) in [6.07, 6.45) is 5.93. The molecule has 0 bridgehead atoms. The fourth-order valence-corrected chi connectivity index (χ4v) is 3.24. The summed E-state index contributed by atoms with van der Waals surface area (Å²) in [7, 11) is 0. The minimum Gasteiger partial charge on any atom is -0.367 e. The van der Waals surface area contributed by atoms with Crippen molar-refractivity contribution in [1.29, 1.82) is 0 Å². The fourth-order valence-electron chi connectivity index (χ4n) is 2.22. The molecule has 1 aromatic rings. The molecular formula is C10H15IN2OS. The van der Waals surface area contributed by atoms with E-state index >= 15 is 0 Å². The lowest BCUT2D eigenvalue weighted by Gasteiger charge is -2.34. The summed E-state index contributed by atoms with van der Waals surface area (Å²) in [5, 5.41) is 0. The van der Waals surface area contributed by atoms with Crippen LogP contribution in [0.2, 0.25) is 0 Å². The summed E-state index contributed by atoms with van der Waals surface area (Å²) in [5.41, 5.74) is -0.174. The fraction of sp³-hybridized carbons (Fsp3) is 0.800. The van der Waals surface area contributed by atoms with Crippen LogP contribution in [0.5, 0.6) is 0 Å². The van der Waals surface area contributed by atoms with Gasteiger partial charge in [0.2, 0.25) is 0 Å². The van der Waals surface area contributed by atoms with Crippen molar-refractivity contribution in [3.05, 3.63) is 8.84 Å². The van der Waals surface area contributed by atoms with Crippen molar-refractivity contribution in [2.75, 3.05) is 6.61 Å². The average Bonchev–Trinajstić information content (AvgIpc) is 2.67. The Morgan fingerprint density at radius 3 is 2.67 bits per heavy atom. The number of hydrogen-bond acceptors (Lipinski definition) is 4. The van der Waals surface area contributed by atoms with E-state index in [2.05, 4.69) is 31.9 Å². The van der Waals surface area contributed by atoms with Crippen LogP contribution in [0.1, 0.15) is 44.9 Å². The molecule has 1 saturated carbocycles. The molecule has 5 heteroatoms. The smallest absolute Gasteiger partial charge is 0.175 e. The molecule has 2 rings (SSSR count). The molecule has 1 heterocycles. The van der Waals surface area contributed by atoms with Crippen LogP contribution in [0.15, 0.2) is 0 Å². The third-order valence-electron chi connectivity index (χ3n) is 2.89. The highest BCUT2D eigenvalue weighted by atomic mass is 127. The minimum absolute atomic E-state index is 0.174. The first-order valence-corrected chi connectivity index (χ1v) is 7.26. The Hall–Kier alpha value is 0.250. The van der Waals surface area contributed by atoms with E-state index < -0.39 is 0 Å². The van der Waals surface area contributed by atoms with Gasteiger partial charge < -0.3 is 4.74 Å². The van der Waals surface area contributed by atoms with Gasteiger partial charge in [0.15, 0.2) is 8.84 Å². The molecule has 1 fully saturated rings. The topological polar surface area (TPSA) is 35.0 Å². The molecule has 84 valence electrons. The molecule has 0 radical (unpaired) electrons. The Balaban J connectivity index is 2.24. The predicted molar refractivity (Wildman–Crippen MR) is 69.0 cm³/mol. The van der Waals surface area contributed by atoms with E-state index in [9.17, 15) is 0 Å². The molecule has 1 aliphatic rings. The lowest BCUT2D eigenvalue weighted by Crippen LogP contribution is -2.33. The monoisotopic (exact) mass is 338 g/mol. The van der Waals surface area contributed by atoms with Crippen LogP contribution in [0.3, 0.4) is 0 Å². The van der Waals surface area contributed by atoms with Gasteiger partial charge in [-0.15, -0.1) is 0 Å². The number of nitrogens with zero attached hydrogens (tertiary/aromatic N) is 2. The van der Waals surface area contributed by atoms with Gasteiger partial charge >= 0.3 is 0 Å². The second kappa shape index (κ2) is 5.05. The highest BCUT2D eigenvalue weighted by molar-refractivity contribution is 14.1. The third kappa shape index (κ3) is 2.50. The maximum atomic E-state index is 5.95. The molecule has 1 aliphatic carbocycles. The summed E-state index contributed by atoms with van der Waals surface area (Å²) in [4.78, 5) is 4.49. The van der Waals surface area contributed by atoms with Gasteiger partial charge in [-0.2, -0.15) is 4.37 Å². The van der Waals surface area contributed by atoms with Gasteiger partial charge in [-0.3, -0.25) is 0 Å². The summed E-state index contributed by atoms with van der Waals surface area (Å²) >= 11 is 3.69. The Morgan fingerprint density at radius 1 is 1.40 bits per heavy atom. The minimum atomic E-state index is -0.174. The van der Waals surface area contributed by atoms with E-state index in [1.54, 1.807) is 0 Å². The molecule has 0 amide bonds. The van der Waals surface area contributed by atoms with Gasteiger partial charge in [0, 0.05) is 6.61 Å². The number of rotatable bonds is 3. The molecule has 0 atom stereocenters. The van der Waals surface area contributed by atoms with Crippen molar-refractivity contribution in [3.8, 4) is 0 Å². The highest BCUT2D eigenvalue weighted by Crippen LogP contribution is 2.39. The summed E-state index contributed by atoms with van der Waals surface area (Å²) in [5.74, 6) is 0.915. The Bertz CT molecular complexity index is 317. The van der Waals surface area contributed by atoms with E-state index in [4.69, 9.17) is 4.74 Å². The molecule has 0 unspecified atom stereocenters. The zero-order valence-corrected chi connectivity index (χ0v) is 11.8. The molecule has 3 nitrogen and oxygen atoms in total. The highest BCUT2D eigenvalue weighted by Gasteiger charge is 2.38. The van der Waals surface area contributed by atoms with Crippen molar-refractivity contribution < 1.29 is 4.74 Å². The van der Waals surface area contributed by atoms with E-state index in [1.165, 1.54) is 30.8 Å². The van der Waals surface area contributed by atoms with Gasteiger partial charge in [-0.1, -0.05) is 19.3 Å². The van der Waals surface area contributed by atoms with Gasteiger partial charge in [-0.25, -0.2) is 4.98 Å². The second-order valence-corrected chi connectivity index (χ2v) is 6.36. The lowest BCUT2D eigenvalue weighted by molar-refractivity contribution is -0.0759. The van der Waals surface area contributed by atoms with Crippen LogP contribution in [0.25, 0.3) is 0 Å². The molecule has 0 spiro atoms. The maximum absolute atomic E-state index is 5.95. The molecule has 15 heavy (non-hydrogen) atoms. The van der Waals surface area contributed by atoms with Crippen molar-refractivity contribution in [2.24, 2.45) is 0 Å². The van der Waals surface area contributed by atoms with Crippen LogP contribution in [-0.2, 0) is 10.3 Å². The SMILES string of the molecule is CCOC1(c2nsc(I)n2)CCCCC1. The number of ether oxygens (including phenoxy) is 1. The molecule has 0 aliphatic heterocycles. The number of halogens is 1. The number of hydrogen-bond donors (Lipinski definition) is 0. The normalized spacial score (nSPS) is 20.4. The zero-order valence-electron chi connectivity index (χ0n) is 8.83.